The lowest BCUT2D eigenvalue weighted by Gasteiger charge is -2.35. The molecule has 1 aromatic heterocycles. The van der Waals surface area contributed by atoms with Crippen LogP contribution in [0.3, 0.4) is 0 Å². The fourth-order valence-corrected chi connectivity index (χ4v) is 4.95. The molecule has 3 aromatic carbocycles. The molecular formula is C28H30N4O. The number of aryl methyl sites for hydroxylation is 2. The molecule has 5 heteroatoms. The summed E-state index contributed by atoms with van der Waals surface area (Å²) in [4.78, 5) is 16.0. The Kier molecular flexibility index (Phi) is 5.86. The van der Waals surface area contributed by atoms with Crippen molar-refractivity contribution in [2.75, 3.05) is 10.2 Å². The molecule has 1 saturated carbocycles. The molecule has 1 fully saturated rings. The van der Waals surface area contributed by atoms with Crippen LogP contribution in [-0.4, -0.2) is 21.9 Å². The average molecular weight is 439 g/mol. The Morgan fingerprint density at radius 1 is 0.879 bits per heavy atom. The van der Waals surface area contributed by atoms with Crippen LogP contribution in [0.2, 0.25) is 0 Å². The van der Waals surface area contributed by atoms with Crippen molar-refractivity contribution in [2.24, 2.45) is 0 Å². The molecule has 0 spiro atoms. The quantitative estimate of drug-likeness (QED) is 0.372. The molecular weight excluding hydrogens is 408 g/mol. The fraction of sp³-hybridized carbons (Fsp3) is 0.286. The summed E-state index contributed by atoms with van der Waals surface area (Å²) in [5.41, 5.74) is 4.85. The first-order valence-corrected chi connectivity index (χ1v) is 11.8. The van der Waals surface area contributed by atoms with Crippen molar-refractivity contribution in [1.82, 2.24) is 9.78 Å². The van der Waals surface area contributed by atoms with Crippen LogP contribution in [0.1, 0.15) is 43.2 Å². The van der Waals surface area contributed by atoms with Crippen molar-refractivity contribution < 1.29 is 4.79 Å². The van der Waals surface area contributed by atoms with Gasteiger partial charge in [0.2, 0.25) is 0 Å². The van der Waals surface area contributed by atoms with Gasteiger partial charge in [-0.2, -0.15) is 5.10 Å². The van der Waals surface area contributed by atoms with Crippen LogP contribution in [0.15, 0.2) is 72.8 Å². The summed E-state index contributed by atoms with van der Waals surface area (Å²) in [6, 6.07) is 24.3. The first-order valence-electron chi connectivity index (χ1n) is 11.8. The van der Waals surface area contributed by atoms with Crippen molar-refractivity contribution >= 4 is 28.4 Å². The summed E-state index contributed by atoms with van der Waals surface area (Å²) < 4.78 is 1.93. The lowest BCUT2D eigenvalue weighted by atomic mass is 9.94. The predicted molar refractivity (Wildman–Crippen MR) is 135 cm³/mol. The second kappa shape index (κ2) is 9.10. The van der Waals surface area contributed by atoms with Gasteiger partial charge in [-0.1, -0.05) is 67.8 Å². The van der Waals surface area contributed by atoms with E-state index in [0.29, 0.717) is 0 Å². The molecule has 4 aromatic rings. The minimum atomic E-state index is -0.0952. The van der Waals surface area contributed by atoms with Crippen LogP contribution in [0.5, 0.6) is 0 Å². The lowest BCUT2D eigenvalue weighted by Crippen LogP contribution is -2.45. The summed E-state index contributed by atoms with van der Waals surface area (Å²) in [6.07, 6.45) is 5.48. The van der Waals surface area contributed by atoms with Crippen LogP contribution in [0.4, 0.5) is 16.3 Å². The number of fused-ring (bicyclic) bond motifs is 1. The highest BCUT2D eigenvalue weighted by molar-refractivity contribution is 6.07. The van der Waals surface area contributed by atoms with Gasteiger partial charge in [0, 0.05) is 17.1 Å². The minimum Gasteiger partial charge on any atom is -0.307 e. The Bertz CT molecular complexity index is 1250. The molecule has 1 N–H and O–H groups in total. The van der Waals surface area contributed by atoms with E-state index in [-0.39, 0.29) is 12.1 Å². The number of nitrogens with zero attached hydrogens (tertiary/aromatic N) is 3. The highest BCUT2D eigenvalue weighted by Gasteiger charge is 2.32. The van der Waals surface area contributed by atoms with Crippen molar-refractivity contribution in [3.05, 3.63) is 83.9 Å². The van der Waals surface area contributed by atoms with Crippen LogP contribution >= 0.6 is 0 Å². The van der Waals surface area contributed by atoms with Crippen molar-refractivity contribution in [3.8, 4) is 5.69 Å². The Balaban J connectivity index is 1.67. The maximum absolute atomic E-state index is 14.0. The van der Waals surface area contributed by atoms with Crippen molar-refractivity contribution in [2.45, 2.75) is 52.0 Å². The zero-order valence-electron chi connectivity index (χ0n) is 19.3. The molecule has 1 aliphatic carbocycles. The topological polar surface area (TPSA) is 50.2 Å². The van der Waals surface area contributed by atoms with E-state index in [1.807, 2.05) is 90.2 Å². The number of benzene rings is 3. The van der Waals surface area contributed by atoms with E-state index in [1.54, 1.807) is 0 Å². The molecule has 5 nitrogen and oxygen atoms in total. The lowest BCUT2D eigenvalue weighted by molar-refractivity contribution is 0.251. The van der Waals surface area contributed by atoms with Crippen LogP contribution in [0, 0.1) is 13.8 Å². The SMILES string of the molecule is Cc1cccc(C)c1NC(=O)N(c1c2ccccc2nn1-c1ccccc1)C1CCCCC1. The van der Waals surface area contributed by atoms with Crippen LogP contribution < -0.4 is 10.2 Å². The number of urea groups is 1. The first kappa shape index (κ1) is 21.3. The molecule has 1 aliphatic rings. The molecule has 0 bridgehead atoms. The van der Waals surface area contributed by atoms with Gasteiger partial charge >= 0.3 is 6.03 Å². The van der Waals surface area contributed by atoms with E-state index >= 15 is 0 Å². The molecule has 0 saturated heterocycles. The van der Waals surface area contributed by atoms with Gasteiger partial charge in [0.25, 0.3) is 0 Å². The second-order valence-electron chi connectivity index (χ2n) is 8.95. The Morgan fingerprint density at radius 2 is 1.55 bits per heavy atom. The van der Waals surface area contributed by atoms with E-state index in [9.17, 15) is 4.79 Å². The number of carbonyl (C=O) groups excluding carboxylic acids is 1. The smallest absolute Gasteiger partial charge is 0.307 e. The minimum absolute atomic E-state index is 0.0952. The zero-order valence-corrected chi connectivity index (χ0v) is 19.3. The Hall–Kier alpha value is -3.60. The highest BCUT2D eigenvalue weighted by atomic mass is 16.2. The van der Waals surface area contributed by atoms with E-state index in [1.165, 1.54) is 6.42 Å². The molecule has 33 heavy (non-hydrogen) atoms. The zero-order chi connectivity index (χ0) is 22.8. The maximum Gasteiger partial charge on any atom is 0.327 e. The number of anilines is 2. The number of hydrogen-bond donors (Lipinski definition) is 1. The van der Waals surface area contributed by atoms with Crippen molar-refractivity contribution in [1.29, 1.82) is 0 Å². The third-order valence-electron chi connectivity index (χ3n) is 6.65. The Morgan fingerprint density at radius 3 is 2.27 bits per heavy atom. The van der Waals surface area contributed by atoms with Gasteiger partial charge in [-0.25, -0.2) is 9.48 Å². The van der Waals surface area contributed by atoms with Crippen LogP contribution in [-0.2, 0) is 0 Å². The van der Waals surface area contributed by atoms with Gasteiger partial charge in [0.15, 0.2) is 0 Å². The van der Waals surface area contributed by atoms with E-state index in [2.05, 4.69) is 11.4 Å². The van der Waals surface area contributed by atoms with E-state index < -0.39 is 0 Å². The van der Waals surface area contributed by atoms with Gasteiger partial charge < -0.3 is 5.32 Å². The number of para-hydroxylation sites is 2. The third kappa shape index (κ3) is 4.11. The summed E-state index contributed by atoms with van der Waals surface area (Å²) in [5.74, 6) is 0.840. The average Bonchev–Trinajstić information content (AvgIpc) is 3.22. The molecule has 0 aliphatic heterocycles. The molecule has 0 radical (unpaired) electrons. The number of amides is 2. The van der Waals surface area contributed by atoms with E-state index in [0.717, 1.165) is 64.9 Å². The van der Waals surface area contributed by atoms with Gasteiger partial charge in [-0.15, -0.1) is 0 Å². The Labute approximate surface area is 195 Å². The number of hydrogen-bond acceptors (Lipinski definition) is 2. The maximum atomic E-state index is 14.0. The number of rotatable bonds is 4. The standard InChI is InChI=1S/C28H30N4O/c1-20-12-11-13-21(2)26(20)29-28(33)31(22-14-5-3-6-15-22)27-24-18-9-10-19-25(24)30-32(27)23-16-7-4-8-17-23/h4,7-13,16-19,22H,3,5-6,14-15H2,1-2H3,(H,29,33). The molecule has 0 unspecified atom stereocenters. The van der Waals surface area contributed by atoms with Gasteiger partial charge in [0.05, 0.1) is 11.2 Å². The molecule has 0 atom stereocenters. The summed E-state index contributed by atoms with van der Waals surface area (Å²) in [5, 5.41) is 9.16. The predicted octanol–water partition coefficient (Wildman–Crippen LogP) is 7.01. The molecule has 168 valence electrons. The third-order valence-corrected chi connectivity index (χ3v) is 6.65. The van der Waals surface area contributed by atoms with E-state index in [4.69, 9.17) is 5.10 Å². The second-order valence-corrected chi connectivity index (χ2v) is 8.95. The van der Waals surface area contributed by atoms with Crippen LogP contribution in [0.25, 0.3) is 16.6 Å². The number of nitrogens with one attached hydrogen (secondary N) is 1. The van der Waals surface area contributed by atoms with Gasteiger partial charge in [-0.3, -0.25) is 4.90 Å². The highest BCUT2D eigenvalue weighted by Crippen LogP contribution is 2.35. The van der Waals surface area contributed by atoms with Crippen molar-refractivity contribution in [3.63, 3.8) is 0 Å². The fourth-order valence-electron chi connectivity index (χ4n) is 4.95. The molecule has 1 heterocycles. The first-order chi connectivity index (χ1) is 16.1. The largest absolute Gasteiger partial charge is 0.327 e. The summed E-state index contributed by atoms with van der Waals surface area (Å²) in [6.45, 7) is 4.08. The van der Waals surface area contributed by atoms with Gasteiger partial charge in [0.1, 0.15) is 5.82 Å². The summed E-state index contributed by atoms with van der Waals surface area (Å²) >= 11 is 0. The number of aromatic nitrogens is 2. The van der Waals surface area contributed by atoms with Gasteiger partial charge in [-0.05, 0) is 62.1 Å². The molecule has 5 rings (SSSR count). The number of carbonyl (C=O) groups is 1. The monoisotopic (exact) mass is 438 g/mol. The molecule has 2 amide bonds. The normalized spacial score (nSPS) is 14.4. The summed E-state index contributed by atoms with van der Waals surface area (Å²) in [7, 11) is 0.